The number of aryl methyl sites for hydroxylation is 1. The molecule has 22 heavy (non-hydrogen) atoms. The molecule has 7 heteroatoms. The van der Waals surface area contributed by atoms with Crippen LogP contribution in [0.4, 0.5) is 0 Å². The molecule has 0 saturated heterocycles. The first-order valence-corrected chi connectivity index (χ1v) is 6.59. The maximum Gasteiger partial charge on any atom is 0.254 e. The van der Waals surface area contributed by atoms with Gasteiger partial charge in [0.05, 0.1) is 26.0 Å². The van der Waals surface area contributed by atoms with Gasteiger partial charge in [0.1, 0.15) is 5.65 Å². The molecular weight excluding hydrogens is 286 g/mol. The lowest BCUT2D eigenvalue weighted by Crippen LogP contribution is -2.07. The Kier molecular flexibility index (Phi) is 3.25. The molecule has 7 nitrogen and oxygen atoms in total. The average molecular weight is 301 g/mol. The second-order valence-electron chi connectivity index (χ2n) is 4.78. The zero-order chi connectivity index (χ0) is 15.9. The zero-order valence-electron chi connectivity index (χ0n) is 12.4. The van der Waals surface area contributed by atoms with Gasteiger partial charge in [-0.1, -0.05) is 6.07 Å². The topological polar surface area (TPSA) is 88.9 Å². The van der Waals surface area contributed by atoms with Gasteiger partial charge in [0, 0.05) is 5.56 Å². The second-order valence-corrected chi connectivity index (χ2v) is 4.78. The fraction of sp³-hybridized carbons (Fsp3) is 0.200. The molecule has 2 aromatic heterocycles. The SMILES string of the molecule is COc1ccc(-c2c(C)nn3c(O)cc(=O)[nH]c23)cc1OC. The van der Waals surface area contributed by atoms with Gasteiger partial charge in [-0.3, -0.25) is 4.79 Å². The number of nitrogens with one attached hydrogen (secondary N) is 1. The van der Waals surface area contributed by atoms with Gasteiger partial charge >= 0.3 is 0 Å². The summed E-state index contributed by atoms with van der Waals surface area (Å²) >= 11 is 0. The molecule has 0 spiro atoms. The van der Waals surface area contributed by atoms with Gasteiger partial charge in [-0.25, -0.2) is 0 Å². The van der Waals surface area contributed by atoms with Crippen LogP contribution in [0.25, 0.3) is 16.8 Å². The number of methoxy groups -OCH3 is 2. The van der Waals surface area contributed by atoms with E-state index in [2.05, 4.69) is 10.1 Å². The third-order valence-electron chi connectivity index (χ3n) is 3.45. The van der Waals surface area contributed by atoms with Crippen LogP contribution in [0.2, 0.25) is 0 Å². The standard InChI is InChI=1S/C15H15N3O4/c1-8-14(9-4-5-10(21-2)11(6-9)22-3)15-16-12(19)7-13(20)18(15)17-8/h4-7,20H,1-3H3,(H,16,19). The Morgan fingerprint density at radius 1 is 1.18 bits per heavy atom. The largest absolute Gasteiger partial charge is 0.493 e. The molecule has 0 atom stereocenters. The van der Waals surface area contributed by atoms with E-state index < -0.39 is 5.56 Å². The molecular formula is C15H15N3O4. The van der Waals surface area contributed by atoms with E-state index in [1.807, 2.05) is 6.07 Å². The van der Waals surface area contributed by atoms with Gasteiger partial charge in [0.25, 0.3) is 5.56 Å². The van der Waals surface area contributed by atoms with E-state index in [9.17, 15) is 9.90 Å². The number of rotatable bonds is 3. The van der Waals surface area contributed by atoms with Crippen LogP contribution in [0.15, 0.2) is 29.1 Å². The van der Waals surface area contributed by atoms with Crippen LogP contribution in [-0.2, 0) is 0 Å². The van der Waals surface area contributed by atoms with Crippen LogP contribution in [0, 0.1) is 6.92 Å². The Morgan fingerprint density at radius 2 is 1.91 bits per heavy atom. The van der Waals surface area contributed by atoms with Crippen LogP contribution in [0.3, 0.4) is 0 Å². The van der Waals surface area contributed by atoms with Crippen molar-refractivity contribution in [2.45, 2.75) is 6.92 Å². The number of nitrogens with zero attached hydrogens (tertiary/aromatic N) is 2. The Balaban J connectivity index is 2.30. The number of H-pyrrole nitrogens is 1. The predicted octanol–water partition coefficient (Wildman–Crippen LogP) is 1.72. The smallest absolute Gasteiger partial charge is 0.254 e. The Labute approximate surface area is 125 Å². The summed E-state index contributed by atoms with van der Waals surface area (Å²) in [6.45, 7) is 1.80. The van der Waals surface area contributed by atoms with Crippen molar-refractivity contribution in [2.24, 2.45) is 0 Å². The van der Waals surface area contributed by atoms with Crippen molar-refractivity contribution < 1.29 is 14.6 Å². The number of aromatic nitrogens is 3. The molecule has 0 bridgehead atoms. The molecule has 3 rings (SSSR count). The molecule has 0 radical (unpaired) electrons. The predicted molar refractivity (Wildman–Crippen MR) is 80.8 cm³/mol. The van der Waals surface area contributed by atoms with E-state index in [1.165, 1.54) is 4.52 Å². The number of ether oxygens (including phenoxy) is 2. The summed E-state index contributed by atoms with van der Waals surface area (Å²) in [6, 6.07) is 6.49. The highest BCUT2D eigenvalue weighted by atomic mass is 16.5. The van der Waals surface area contributed by atoms with Crippen molar-refractivity contribution in [1.29, 1.82) is 0 Å². The molecule has 0 amide bonds. The molecule has 0 unspecified atom stereocenters. The zero-order valence-corrected chi connectivity index (χ0v) is 12.4. The van der Waals surface area contributed by atoms with E-state index >= 15 is 0 Å². The highest BCUT2D eigenvalue weighted by molar-refractivity contribution is 5.81. The van der Waals surface area contributed by atoms with Crippen LogP contribution >= 0.6 is 0 Å². The third-order valence-corrected chi connectivity index (χ3v) is 3.45. The van der Waals surface area contributed by atoms with Crippen molar-refractivity contribution >= 4 is 5.65 Å². The van der Waals surface area contributed by atoms with E-state index in [0.717, 1.165) is 11.6 Å². The monoisotopic (exact) mass is 301 g/mol. The number of benzene rings is 1. The summed E-state index contributed by atoms with van der Waals surface area (Å²) in [4.78, 5) is 14.3. The molecule has 0 aliphatic carbocycles. The summed E-state index contributed by atoms with van der Waals surface area (Å²) in [6.07, 6.45) is 0. The van der Waals surface area contributed by atoms with E-state index in [1.54, 1.807) is 33.3 Å². The molecule has 114 valence electrons. The quantitative estimate of drug-likeness (QED) is 0.769. The van der Waals surface area contributed by atoms with Crippen molar-refractivity contribution in [3.8, 4) is 28.5 Å². The molecule has 2 heterocycles. The first-order chi connectivity index (χ1) is 10.5. The van der Waals surface area contributed by atoms with Crippen molar-refractivity contribution in [1.82, 2.24) is 14.6 Å². The fourth-order valence-electron chi connectivity index (χ4n) is 2.48. The Hall–Kier alpha value is -2.96. The normalized spacial score (nSPS) is 10.9. The van der Waals surface area contributed by atoms with Gasteiger partial charge in [0.15, 0.2) is 11.5 Å². The van der Waals surface area contributed by atoms with Crippen LogP contribution < -0.4 is 15.0 Å². The second kappa shape index (κ2) is 5.10. The van der Waals surface area contributed by atoms with Crippen LogP contribution in [0.5, 0.6) is 17.4 Å². The summed E-state index contributed by atoms with van der Waals surface area (Å²) in [5.41, 5.74) is 2.21. The molecule has 0 fully saturated rings. The average Bonchev–Trinajstić information content (AvgIpc) is 2.83. The lowest BCUT2D eigenvalue weighted by Gasteiger charge is -2.09. The summed E-state index contributed by atoms with van der Waals surface area (Å²) in [7, 11) is 3.12. The van der Waals surface area contributed by atoms with E-state index in [-0.39, 0.29) is 5.88 Å². The highest BCUT2D eigenvalue weighted by Crippen LogP contribution is 2.35. The molecule has 0 aliphatic rings. The summed E-state index contributed by atoms with van der Waals surface area (Å²) in [5, 5.41) is 14.1. The number of aromatic hydroxyl groups is 1. The van der Waals surface area contributed by atoms with Gasteiger partial charge in [-0.05, 0) is 24.6 Å². The van der Waals surface area contributed by atoms with E-state index in [0.29, 0.717) is 28.4 Å². The fourth-order valence-corrected chi connectivity index (χ4v) is 2.48. The first kappa shape index (κ1) is 14.0. The summed E-state index contributed by atoms with van der Waals surface area (Å²) < 4.78 is 11.8. The van der Waals surface area contributed by atoms with Crippen LogP contribution in [-0.4, -0.2) is 33.9 Å². The van der Waals surface area contributed by atoms with Crippen molar-refractivity contribution in [3.63, 3.8) is 0 Å². The number of aromatic amines is 1. The Bertz CT molecular complexity index is 911. The number of hydrogen-bond donors (Lipinski definition) is 2. The minimum Gasteiger partial charge on any atom is -0.493 e. The Morgan fingerprint density at radius 3 is 2.59 bits per heavy atom. The minimum absolute atomic E-state index is 0.214. The van der Waals surface area contributed by atoms with Crippen molar-refractivity contribution in [2.75, 3.05) is 14.2 Å². The van der Waals surface area contributed by atoms with Gasteiger partial charge in [-0.2, -0.15) is 9.61 Å². The number of hydrogen-bond acceptors (Lipinski definition) is 5. The van der Waals surface area contributed by atoms with Gasteiger partial charge in [-0.15, -0.1) is 0 Å². The molecule has 1 aromatic carbocycles. The maximum absolute atomic E-state index is 11.6. The van der Waals surface area contributed by atoms with Crippen LogP contribution in [0.1, 0.15) is 5.69 Å². The highest BCUT2D eigenvalue weighted by Gasteiger charge is 2.16. The van der Waals surface area contributed by atoms with Gasteiger partial charge in [0.2, 0.25) is 5.88 Å². The molecule has 3 aromatic rings. The lowest BCUT2D eigenvalue weighted by molar-refractivity contribution is 0.355. The third kappa shape index (κ3) is 2.07. The maximum atomic E-state index is 11.6. The molecule has 0 saturated carbocycles. The lowest BCUT2D eigenvalue weighted by atomic mass is 10.1. The van der Waals surface area contributed by atoms with Gasteiger partial charge < -0.3 is 19.6 Å². The minimum atomic E-state index is -0.397. The summed E-state index contributed by atoms with van der Waals surface area (Å²) in [5.74, 6) is 0.964. The first-order valence-electron chi connectivity index (χ1n) is 6.59. The molecule has 2 N–H and O–H groups in total. The van der Waals surface area contributed by atoms with E-state index in [4.69, 9.17) is 9.47 Å². The van der Waals surface area contributed by atoms with Crippen molar-refractivity contribution in [3.05, 3.63) is 40.3 Å². The number of fused-ring (bicyclic) bond motifs is 1. The molecule has 0 aliphatic heterocycles.